The van der Waals surface area contributed by atoms with Gasteiger partial charge in [-0.2, -0.15) is 4.98 Å². The predicted molar refractivity (Wildman–Crippen MR) is 161 cm³/mol. The molecule has 6 rings (SSSR count). The van der Waals surface area contributed by atoms with Crippen molar-refractivity contribution in [1.82, 2.24) is 9.88 Å². The van der Waals surface area contributed by atoms with Crippen molar-refractivity contribution in [3.63, 3.8) is 0 Å². The number of non-ortho nitro benzene ring substituents is 1. The second-order valence-corrected chi connectivity index (χ2v) is 12.0. The Hall–Kier alpha value is -4.13. The molecule has 0 bridgehead atoms. The summed E-state index contributed by atoms with van der Waals surface area (Å²) in [5, 5.41) is 12.2. The maximum atomic E-state index is 14.9. The Morgan fingerprint density at radius 1 is 1.07 bits per heavy atom. The van der Waals surface area contributed by atoms with Crippen LogP contribution in [0.1, 0.15) is 16.7 Å². The number of hydrogen-bond acceptors (Lipinski definition) is 9. The zero-order chi connectivity index (χ0) is 30.1. The van der Waals surface area contributed by atoms with Gasteiger partial charge in [0.2, 0.25) is 5.88 Å². The molecule has 2 aliphatic rings. The number of hydrogen-bond donors (Lipinski definition) is 0. The van der Waals surface area contributed by atoms with Crippen LogP contribution in [0.15, 0.2) is 60.7 Å². The van der Waals surface area contributed by atoms with Crippen molar-refractivity contribution in [2.45, 2.75) is 19.6 Å². The lowest BCUT2D eigenvalue weighted by molar-refractivity contribution is -0.384. The molecule has 0 unspecified atom stereocenters. The third-order valence-corrected chi connectivity index (χ3v) is 8.89. The van der Waals surface area contributed by atoms with Crippen LogP contribution in [0.5, 0.6) is 5.88 Å². The SMILES string of the molecule is CN(C)Cc1c(-c2ccc([N+](=O)[O-])cc2)sc2c1CN(c1cccc(OCC3COC3)n1)CN2Cc1c(F)cccc1F. The fourth-order valence-corrected chi connectivity index (χ4v) is 6.58. The molecular formula is C31H31F2N5O4S. The van der Waals surface area contributed by atoms with Gasteiger partial charge in [0, 0.05) is 53.2 Å². The molecule has 12 heteroatoms. The molecule has 4 heterocycles. The number of rotatable bonds is 10. The first-order valence-electron chi connectivity index (χ1n) is 13.9. The van der Waals surface area contributed by atoms with Crippen LogP contribution >= 0.6 is 11.3 Å². The van der Waals surface area contributed by atoms with E-state index in [2.05, 4.69) is 9.80 Å². The summed E-state index contributed by atoms with van der Waals surface area (Å²) in [6, 6.07) is 16.0. The highest BCUT2D eigenvalue weighted by atomic mass is 32.1. The molecule has 2 aromatic carbocycles. The second kappa shape index (κ2) is 12.2. The Morgan fingerprint density at radius 3 is 2.44 bits per heavy atom. The molecule has 0 N–H and O–H groups in total. The maximum absolute atomic E-state index is 14.9. The van der Waals surface area contributed by atoms with Crippen LogP contribution in [-0.4, -0.2) is 55.4 Å². The molecule has 2 aromatic heterocycles. The third-order valence-electron chi connectivity index (χ3n) is 7.51. The van der Waals surface area contributed by atoms with Crippen LogP contribution in [0.25, 0.3) is 10.4 Å². The highest BCUT2D eigenvalue weighted by molar-refractivity contribution is 7.19. The minimum atomic E-state index is -0.604. The van der Waals surface area contributed by atoms with Gasteiger partial charge in [-0.05, 0) is 55.6 Å². The number of fused-ring (bicyclic) bond motifs is 1. The first kappa shape index (κ1) is 29.0. The summed E-state index contributed by atoms with van der Waals surface area (Å²) in [5.74, 6) is 0.338. The van der Waals surface area contributed by atoms with Crippen molar-refractivity contribution < 1.29 is 23.2 Å². The van der Waals surface area contributed by atoms with Gasteiger partial charge >= 0.3 is 0 Å². The summed E-state index contributed by atoms with van der Waals surface area (Å²) in [7, 11) is 3.96. The van der Waals surface area contributed by atoms with Crippen LogP contribution in [0, 0.1) is 27.7 Å². The minimum Gasteiger partial charge on any atom is -0.477 e. The molecule has 0 saturated carbocycles. The summed E-state index contributed by atoms with van der Waals surface area (Å²) in [5.41, 5.74) is 2.93. The van der Waals surface area contributed by atoms with Gasteiger partial charge in [-0.15, -0.1) is 11.3 Å². The van der Waals surface area contributed by atoms with Gasteiger partial charge in [0.25, 0.3) is 5.69 Å². The van der Waals surface area contributed by atoms with Crippen molar-refractivity contribution in [3.05, 3.63) is 99.1 Å². The Labute approximate surface area is 252 Å². The lowest BCUT2D eigenvalue weighted by Gasteiger charge is -2.38. The van der Waals surface area contributed by atoms with Crippen LogP contribution in [-0.2, 0) is 24.4 Å². The smallest absolute Gasteiger partial charge is 0.269 e. The number of ether oxygens (including phenoxy) is 2. The van der Waals surface area contributed by atoms with Gasteiger partial charge in [-0.25, -0.2) is 8.78 Å². The van der Waals surface area contributed by atoms with E-state index in [4.69, 9.17) is 14.5 Å². The zero-order valence-corrected chi connectivity index (χ0v) is 24.7. The van der Waals surface area contributed by atoms with Gasteiger partial charge in [0.15, 0.2) is 0 Å². The highest BCUT2D eigenvalue weighted by Crippen LogP contribution is 2.46. The first-order chi connectivity index (χ1) is 20.8. The molecule has 0 radical (unpaired) electrons. The molecule has 43 heavy (non-hydrogen) atoms. The topological polar surface area (TPSA) is 84.2 Å². The quantitative estimate of drug-likeness (QED) is 0.159. The van der Waals surface area contributed by atoms with Gasteiger partial charge < -0.3 is 24.2 Å². The molecule has 0 amide bonds. The number of nitro benzene ring substituents is 1. The van der Waals surface area contributed by atoms with Crippen LogP contribution in [0.3, 0.4) is 0 Å². The lowest BCUT2D eigenvalue weighted by Crippen LogP contribution is -2.42. The largest absolute Gasteiger partial charge is 0.477 e. The number of nitrogens with zero attached hydrogens (tertiary/aromatic N) is 5. The molecule has 4 aromatic rings. The molecule has 0 atom stereocenters. The van der Waals surface area contributed by atoms with E-state index in [9.17, 15) is 18.9 Å². The minimum absolute atomic E-state index is 0.0116. The van der Waals surface area contributed by atoms with Gasteiger partial charge in [-0.1, -0.05) is 12.1 Å². The average molecular weight is 608 g/mol. The van der Waals surface area contributed by atoms with Gasteiger partial charge in [0.05, 0.1) is 43.0 Å². The summed E-state index contributed by atoms with van der Waals surface area (Å²) in [4.78, 5) is 22.7. The normalized spacial score (nSPS) is 15.0. The van der Waals surface area contributed by atoms with E-state index in [1.54, 1.807) is 12.1 Å². The third kappa shape index (κ3) is 6.17. The number of aromatic nitrogens is 1. The Kier molecular flexibility index (Phi) is 8.24. The van der Waals surface area contributed by atoms with Crippen LogP contribution < -0.4 is 14.5 Å². The van der Waals surface area contributed by atoms with Crippen molar-refractivity contribution in [2.75, 3.05) is 50.4 Å². The molecular weight excluding hydrogens is 576 g/mol. The van der Waals surface area contributed by atoms with Crippen LogP contribution in [0.2, 0.25) is 0 Å². The fraction of sp³-hybridized carbons (Fsp3) is 0.323. The summed E-state index contributed by atoms with van der Waals surface area (Å²) in [6.07, 6.45) is 0. The number of nitro groups is 1. The highest BCUT2D eigenvalue weighted by Gasteiger charge is 2.32. The van der Waals surface area contributed by atoms with E-state index in [1.165, 1.54) is 41.7 Å². The van der Waals surface area contributed by atoms with E-state index in [1.807, 2.05) is 37.2 Å². The Morgan fingerprint density at radius 2 is 1.79 bits per heavy atom. The number of anilines is 2. The van der Waals surface area contributed by atoms with Gasteiger partial charge in [0.1, 0.15) is 17.5 Å². The lowest BCUT2D eigenvalue weighted by atomic mass is 10.0. The first-order valence-corrected chi connectivity index (χ1v) is 14.7. The zero-order valence-electron chi connectivity index (χ0n) is 23.8. The second-order valence-electron chi connectivity index (χ2n) is 11.0. The van der Waals surface area contributed by atoms with Crippen molar-refractivity contribution in [3.8, 4) is 16.3 Å². The molecule has 1 fully saturated rings. The Balaban J connectivity index is 1.41. The molecule has 224 valence electrons. The molecule has 0 aliphatic carbocycles. The maximum Gasteiger partial charge on any atom is 0.269 e. The van der Waals surface area contributed by atoms with E-state index >= 15 is 0 Å². The fourth-order valence-electron chi connectivity index (χ4n) is 5.26. The van der Waals surface area contributed by atoms with E-state index in [0.29, 0.717) is 57.2 Å². The summed E-state index contributed by atoms with van der Waals surface area (Å²) < 4.78 is 41.0. The van der Waals surface area contributed by atoms with Gasteiger partial charge in [-0.3, -0.25) is 10.1 Å². The number of halogens is 2. The number of thiophene rings is 1. The Bertz CT molecular complexity index is 1610. The molecule has 0 spiro atoms. The standard InChI is InChI=1S/C31H31F2N5O4S/c1-35(2)13-23-24-14-36(28-7-4-8-29(34-28)42-18-20-16-41-17-20)19-37(15-25-26(32)5-3-6-27(25)33)31(24)43-30(23)21-9-11-22(12-10-21)38(39)40/h3-12,20H,13-19H2,1-2H3. The molecule has 2 aliphatic heterocycles. The predicted octanol–water partition coefficient (Wildman–Crippen LogP) is 6.07. The summed E-state index contributed by atoms with van der Waals surface area (Å²) >= 11 is 1.53. The number of pyridine rings is 1. The van der Waals surface area contributed by atoms with Crippen LogP contribution in [0.4, 0.5) is 25.3 Å². The molecule has 1 saturated heterocycles. The van der Waals surface area contributed by atoms with E-state index in [-0.39, 0.29) is 17.8 Å². The summed E-state index contributed by atoms with van der Waals surface area (Å²) in [6.45, 7) is 3.37. The van der Waals surface area contributed by atoms with E-state index < -0.39 is 16.6 Å². The van der Waals surface area contributed by atoms with E-state index in [0.717, 1.165) is 26.6 Å². The van der Waals surface area contributed by atoms with Crippen molar-refractivity contribution in [1.29, 1.82) is 0 Å². The molecule has 9 nitrogen and oxygen atoms in total. The van der Waals surface area contributed by atoms with Crippen molar-refractivity contribution in [2.24, 2.45) is 5.92 Å². The monoisotopic (exact) mass is 607 g/mol. The average Bonchev–Trinajstić information content (AvgIpc) is 3.32. The number of benzene rings is 2. The van der Waals surface area contributed by atoms with Crippen molar-refractivity contribution >= 4 is 27.8 Å².